The molecule has 8 nitrogen and oxygen atoms in total. The van der Waals surface area contributed by atoms with Crippen LogP contribution < -0.4 is 4.72 Å². The van der Waals surface area contributed by atoms with Gasteiger partial charge in [-0.25, -0.2) is 13.1 Å². The van der Waals surface area contributed by atoms with E-state index in [2.05, 4.69) is 14.9 Å². The molecule has 21 heavy (non-hydrogen) atoms. The van der Waals surface area contributed by atoms with Crippen molar-refractivity contribution in [3.8, 4) is 0 Å². The van der Waals surface area contributed by atoms with Gasteiger partial charge in [-0.3, -0.25) is 15.2 Å². The van der Waals surface area contributed by atoms with Crippen LogP contribution in [0.2, 0.25) is 0 Å². The van der Waals surface area contributed by atoms with Crippen molar-refractivity contribution in [1.29, 1.82) is 0 Å². The van der Waals surface area contributed by atoms with E-state index in [0.717, 1.165) is 6.07 Å². The van der Waals surface area contributed by atoms with Crippen molar-refractivity contribution in [3.63, 3.8) is 0 Å². The molecule has 0 amide bonds. The zero-order valence-electron chi connectivity index (χ0n) is 11.5. The maximum atomic E-state index is 12.3. The Kier molecular flexibility index (Phi) is 4.05. The van der Waals surface area contributed by atoms with Gasteiger partial charge in [0.2, 0.25) is 10.0 Å². The Morgan fingerprint density at radius 1 is 1.38 bits per heavy atom. The Balaban J connectivity index is 2.37. The molecule has 1 aromatic carbocycles. The average molecular weight is 310 g/mol. The molecule has 112 valence electrons. The summed E-state index contributed by atoms with van der Waals surface area (Å²) in [6, 6.07) is 2.42. The lowest BCUT2D eigenvalue weighted by molar-refractivity contribution is -0.385. The molecule has 9 heteroatoms. The first-order chi connectivity index (χ1) is 9.81. The Morgan fingerprint density at radius 2 is 2.10 bits per heavy atom. The van der Waals surface area contributed by atoms with Crippen molar-refractivity contribution < 1.29 is 13.3 Å². The van der Waals surface area contributed by atoms with E-state index in [1.54, 1.807) is 20.0 Å². The SMILES string of the molecule is Cc1cc([N+](=O)[O-])cc(S(=O)(=O)NCc2cn[nH]c2)c1C. The molecule has 2 aromatic rings. The lowest BCUT2D eigenvalue weighted by atomic mass is 10.1. The zero-order chi connectivity index (χ0) is 15.6. The number of nitrogens with zero attached hydrogens (tertiary/aromatic N) is 2. The van der Waals surface area contributed by atoms with Gasteiger partial charge in [0.1, 0.15) is 0 Å². The predicted octanol–water partition coefficient (Wildman–Crippen LogP) is 1.41. The van der Waals surface area contributed by atoms with Gasteiger partial charge in [0.25, 0.3) is 5.69 Å². The van der Waals surface area contributed by atoms with Gasteiger partial charge in [-0.15, -0.1) is 0 Å². The molecule has 1 aromatic heterocycles. The molecule has 0 aliphatic rings. The molecule has 2 rings (SSSR count). The van der Waals surface area contributed by atoms with Crippen molar-refractivity contribution >= 4 is 15.7 Å². The van der Waals surface area contributed by atoms with E-state index in [4.69, 9.17) is 0 Å². The van der Waals surface area contributed by atoms with Gasteiger partial charge in [0.05, 0.1) is 16.0 Å². The summed E-state index contributed by atoms with van der Waals surface area (Å²) >= 11 is 0. The lowest BCUT2D eigenvalue weighted by Crippen LogP contribution is -2.24. The van der Waals surface area contributed by atoms with Crippen molar-refractivity contribution in [1.82, 2.24) is 14.9 Å². The minimum Gasteiger partial charge on any atom is -0.285 e. The number of rotatable bonds is 5. The maximum absolute atomic E-state index is 12.3. The average Bonchev–Trinajstić information content (AvgIpc) is 2.92. The Bertz CT molecular complexity index is 769. The van der Waals surface area contributed by atoms with Crippen LogP contribution in [0.5, 0.6) is 0 Å². The molecule has 0 radical (unpaired) electrons. The summed E-state index contributed by atoms with van der Waals surface area (Å²) in [5, 5.41) is 17.2. The van der Waals surface area contributed by atoms with Crippen LogP contribution in [0.4, 0.5) is 5.69 Å². The summed E-state index contributed by atoms with van der Waals surface area (Å²) in [7, 11) is -3.84. The molecule has 0 aliphatic carbocycles. The van der Waals surface area contributed by atoms with E-state index < -0.39 is 14.9 Å². The molecule has 0 saturated heterocycles. The highest BCUT2D eigenvalue weighted by molar-refractivity contribution is 7.89. The maximum Gasteiger partial charge on any atom is 0.271 e. The number of hydrogen-bond donors (Lipinski definition) is 2. The van der Waals surface area contributed by atoms with Crippen molar-refractivity contribution in [2.24, 2.45) is 0 Å². The van der Waals surface area contributed by atoms with Crippen LogP contribution in [0.1, 0.15) is 16.7 Å². The fourth-order valence-corrected chi connectivity index (χ4v) is 3.18. The largest absolute Gasteiger partial charge is 0.285 e. The fourth-order valence-electron chi connectivity index (χ4n) is 1.82. The minimum absolute atomic E-state index is 0.0556. The van der Waals surface area contributed by atoms with Gasteiger partial charge in [0.15, 0.2) is 0 Å². The Hall–Kier alpha value is -2.26. The molecule has 0 unspecified atom stereocenters. The van der Waals surface area contributed by atoms with Crippen molar-refractivity contribution in [2.75, 3.05) is 0 Å². The number of aryl methyl sites for hydroxylation is 1. The molecule has 0 aliphatic heterocycles. The standard InChI is InChI=1S/C12H14N4O4S/c1-8-3-11(16(17)18)4-12(9(8)2)21(19,20)15-7-10-5-13-14-6-10/h3-6,15H,7H2,1-2H3,(H,13,14). The third-order valence-corrected chi connectivity index (χ3v) is 4.65. The number of aromatic amines is 1. The third kappa shape index (κ3) is 3.26. The number of hydrogen-bond acceptors (Lipinski definition) is 5. The third-order valence-electron chi connectivity index (χ3n) is 3.13. The van der Waals surface area contributed by atoms with Crippen LogP contribution >= 0.6 is 0 Å². The number of nitrogens with one attached hydrogen (secondary N) is 2. The molecule has 0 atom stereocenters. The molecule has 0 saturated carbocycles. The number of H-pyrrole nitrogens is 1. The normalized spacial score (nSPS) is 11.5. The molecular weight excluding hydrogens is 296 g/mol. The van der Waals surface area contributed by atoms with Crippen LogP contribution in [0.3, 0.4) is 0 Å². The number of benzene rings is 1. The highest BCUT2D eigenvalue weighted by Crippen LogP contribution is 2.25. The van der Waals surface area contributed by atoms with Crippen LogP contribution in [-0.4, -0.2) is 23.5 Å². The Labute approximate surface area is 121 Å². The summed E-state index contributed by atoms with van der Waals surface area (Å²) in [6.45, 7) is 3.31. The number of aromatic nitrogens is 2. The first kappa shape index (κ1) is 15.1. The van der Waals surface area contributed by atoms with Gasteiger partial charge in [0, 0.05) is 30.4 Å². The molecule has 0 bridgehead atoms. The van der Waals surface area contributed by atoms with Gasteiger partial charge in [-0.2, -0.15) is 5.10 Å². The highest BCUT2D eigenvalue weighted by Gasteiger charge is 2.22. The summed E-state index contributed by atoms with van der Waals surface area (Å²) in [4.78, 5) is 10.2. The lowest BCUT2D eigenvalue weighted by Gasteiger charge is -2.10. The van der Waals surface area contributed by atoms with Crippen molar-refractivity contribution in [3.05, 3.63) is 51.3 Å². The van der Waals surface area contributed by atoms with Crippen LogP contribution in [0, 0.1) is 24.0 Å². The summed E-state index contributed by atoms with van der Waals surface area (Å²) in [5.41, 5.74) is 1.45. The van der Waals surface area contributed by atoms with Crippen LogP contribution in [-0.2, 0) is 16.6 Å². The highest BCUT2D eigenvalue weighted by atomic mass is 32.2. The van der Waals surface area contributed by atoms with E-state index in [0.29, 0.717) is 16.7 Å². The van der Waals surface area contributed by atoms with E-state index >= 15 is 0 Å². The first-order valence-electron chi connectivity index (χ1n) is 6.04. The van der Waals surface area contributed by atoms with Gasteiger partial charge >= 0.3 is 0 Å². The minimum atomic E-state index is -3.84. The van der Waals surface area contributed by atoms with Gasteiger partial charge < -0.3 is 0 Å². The second kappa shape index (κ2) is 5.62. The van der Waals surface area contributed by atoms with Gasteiger partial charge in [-0.05, 0) is 25.0 Å². The Morgan fingerprint density at radius 3 is 2.67 bits per heavy atom. The monoisotopic (exact) mass is 310 g/mol. The molecular formula is C12H14N4O4S. The zero-order valence-corrected chi connectivity index (χ0v) is 12.3. The molecule has 1 heterocycles. The van der Waals surface area contributed by atoms with Crippen molar-refractivity contribution in [2.45, 2.75) is 25.3 Å². The van der Waals surface area contributed by atoms with E-state index in [1.165, 1.54) is 12.3 Å². The number of nitro benzene ring substituents is 1. The molecule has 2 N–H and O–H groups in total. The second-order valence-electron chi connectivity index (χ2n) is 4.57. The number of non-ortho nitro benzene ring substituents is 1. The molecule has 0 spiro atoms. The summed E-state index contributed by atoms with van der Waals surface area (Å²) < 4.78 is 27.0. The quantitative estimate of drug-likeness (QED) is 0.639. The van der Waals surface area contributed by atoms with Crippen LogP contribution in [0.25, 0.3) is 0 Å². The van der Waals surface area contributed by atoms with Gasteiger partial charge in [-0.1, -0.05) is 0 Å². The molecule has 0 fully saturated rings. The predicted molar refractivity (Wildman–Crippen MR) is 75.2 cm³/mol. The first-order valence-corrected chi connectivity index (χ1v) is 7.52. The van der Waals surface area contributed by atoms with E-state index in [-0.39, 0.29) is 17.1 Å². The van der Waals surface area contributed by atoms with Crippen LogP contribution in [0.15, 0.2) is 29.4 Å². The van der Waals surface area contributed by atoms with E-state index in [9.17, 15) is 18.5 Å². The number of sulfonamides is 1. The van der Waals surface area contributed by atoms with E-state index in [1.807, 2.05) is 0 Å². The fraction of sp³-hybridized carbons (Fsp3) is 0.250. The topological polar surface area (TPSA) is 118 Å². The number of nitro groups is 1. The summed E-state index contributed by atoms with van der Waals surface area (Å²) in [5.74, 6) is 0. The smallest absolute Gasteiger partial charge is 0.271 e. The second-order valence-corrected chi connectivity index (χ2v) is 6.31. The summed E-state index contributed by atoms with van der Waals surface area (Å²) in [6.07, 6.45) is 3.06.